The Kier molecular flexibility index (Phi) is 10.5. The minimum Gasteiger partial charge on any atom is -0.481 e. The van der Waals surface area contributed by atoms with Gasteiger partial charge in [-0.2, -0.15) is 0 Å². The molecule has 0 amide bonds. The second kappa shape index (κ2) is 12.1. The zero-order chi connectivity index (χ0) is 17.8. The molecule has 0 bridgehead atoms. The molecule has 1 N–H and O–H groups in total. The maximum Gasteiger partial charge on any atom is 0.303 e. The van der Waals surface area contributed by atoms with E-state index in [1.165, 1.54) is 11.1 Å². The SMILES string of the molecule is BrC(c1ccncc1)C(Br)c1ccncc1.CCCCCC(=O)O. The quantitative estimate of drug-likeness (QED) is 0.427. The number of alkyl halides is 2. The Bertz CT molecular complexity index is 539. The lowest BCUT2D eigenvalue weighted by Gasteiger charge is -2.17. The van der Waals surface area contributed by atoms with Gasteiger partial charge in [0.1, 0.15) is 0 Å². The van der Waals surface area contributed by atoms with Crippen LogP contribution in [0, 0.1) is 0 Å². The molecule has 2 aromatic heterocycles. The third kappa shape index (κ3) is 8.02. The molecule has 0 fully saturated rings. The van der Waals surface area contributed by atoms with Crippen LogP contribution < -0.4 is 0 Å². The van der Waals surface area contributed by atoms with E-state index in [-0.39, 0.29) is 9.65 Å². The van der Waals surface area contributed by atoms with Crippen molar-refractivity contribution < 1.29 is 9.90 Å². The fraction of sp³-hybridized carbons (Fsp3) is 0.389. The van der Waals surface area contributed by atoms with E-state index in [2.05, 4.69) is 48.8 Å². The number of hydrogen-bond acceptors (Lipinski definition) is 3. The third-order valence-electron chi connectivity index (χ3n) is 3.30. The molecule has 130 valence electrons. The van der Waals surface area contributed by atoms with Crippen LogP contribution in [0.25, 0.3) is 0 Å². The highest BCUT2D eigenvalue weighted by molar-refractivity contribution is 9.12. The van der Waals surface area contributed by atoms with Crippen molar-refractivity contribution in [1.29, 1.82) is 0 Å². The van der Waals surface area contributed by atoms with Gasteiger partial charge in [-0.3, -0.25) is 14.8 Å². The van der Waals surface area contributed by atoms with Gasteiger partial charge >= 0.3 is 5.97 Å². The van der Waals surface area contributed by atoms with Crippen molar-refractivity contribution in [3.63, 3.8) is 0 Å². The first-order chi connectivity index (χ1) is 11.6. The number of aromatic nitrogens is 2. The molecule has 0 aliphatic heterocycles. The first kappa shape index (κ1) is 20.8. The highest BCUT2D eigenvalue weighted by Gasteiger charge is 2.19. The van der Waals surface area contributed by atoms with E-state index < -0.39 is 5.97 Å². The first-order valence-corrected chi connectivity index (χ1v) is 9.69. The average molecular weight is 458 g/mol. The molecular formula is C18H22Br2N2O2. The number of carboxylic acids is 1. The zero-order valence-corrected chi connectivity index (χ0v) is 16.8. The van der Waals surface area contributed by atoms with Crippen LogP contribution in [-0.4, -0.2) is 21.0 Å². The summed E-state index contributed by atoms with van der Waals surface area (Å²) in [5, 5.41) is 8.14. The van der Waals surface area contributed by atoms with Gasteiger partial charge in [0.15, 0.2) is 0 Å². The minimum atomic E-state index is -0.682. The first-order valence-electron chi connectivity index (χ1n) is 7.86. The minimum absolute atomic E-state index is 0.220. The van der Waals surface area contributed by atoms with Crippen LogP contribution in [0.2, 0.25) is 0 Å². The van der Waals surface area contributed by atoms with Crippen molar-refractivity contribution >= 4 is 37.8 Å². The Hall–Kier alpha value is -1.27. The molecule has 2 atom stereocenters. The smallest absolute Gasteiger partial charge is 0.303 e. The summed E-state index contributed by atoms with van der Waals surface area (Å²) in [6.07, 6.45) is 10.5. The summed E-state index contributed by atoms with van der Waals surface area (Å²) in [5.41, 5.74) is 2.40. The van der Waals surface area contributed by atoms with Gasteiger partial charge in [-0.25, -0.2) is 0 Å². The van der Waals surface area contributed by atoms with Crippen molar-refractivity contribution in [1.82, 2.24) is 9.97 Å². The monoisotopic (exact) mass is 456 g/mol. The van der Waals surface area contributed by atoms with Crippen LogP contribution in [0.1, 0.15) is 53.4 Å². The van der Waals surface area contributed by atoms with Crippen molar-refractivity contribution in [2.75, 3.05) is 0 Å². The number of aliphatic carboxylic acids is 1. The summed E-state index contributed by atoms with van der Waals surface area (Å²) in [5.74, 6) is -0.682. The number of carboxylic acid groups (broad SMARTS) is 1. The second-order valence-corrected chi connectivity index (χ2v) is 7.19. The van der Waals surface area contributed by atoms with E-state index in [0.717, 1.165) is 19.3 Å². The predicted octanol–water partition coefficient (Wildman–Crippen LogP) is 5.70. The summed E-state index contributed by atoms with van der Waals surface area (Å²) in [4.78, 5) is 18.3. The Morgan fingerprint density at radius 3 is 1.71 bits per heavy atom. The summed E-state index contributed by atoms with van der Waals surface area (Å²) < 4.78 is 0. The maximum atomic E-state index is 9.87. The molecule has 0 saturated heterocycles. The van der Waals surface area contributed by atoms with Crippen LogP contribution in [-0.2, 0) is 4.79 Å². The van der Waals surface area contributed by atoms with Gasteiger partial charge in [0, 0.05) is 31.2 Å². The number of carbonyl (C=O) groups is 1. The number of nitrogens with zero attached hydrogens (tertiary/aromatic N) is 2. The van der Waals surface area contributed by atoms with Gasteiger partial charge in [-0.05, 0) is 41.8 Å². The van der Waals surface area contributed by atoms with Crippen molar-refractivity contribution in [2.45, 2.75) is 42.3 Å². The molecule has 2 aromatic rings. The van der Waals surface area contributed by atoms with Crippen molar-refractivity contribution in [3.05, 3.63) is 60.2 Å². The third-order valence-corrected chi connectivity index (χ3v) is 6.12. The Morgan fingerprint density at radius 1 is 0.958 bits per heavy atom. The van der Waals surface area contributed by atoms with E-state index in [1.54, 1.807) is 24.8 Å². The molecule has 0 spiro atoms. The molecule has 4 nitrogen and oxygen atoms in total. The van der Waals surface area contributed by atoms with Gasteiger partial charge in [0.2, 0.25) is 0 Å². The second-order valence-electron chi connectivity index (χ2n) is 5.22. The predicted molar refractivity (Wildman–Crippen MR) is 104 cm³/mol. The van der Waals surface area contributed by atoms with E-state index in [0.29, 0.717) is 6.42 Å². The Morgan fingerprint density at radius 2 is 1.38 bits per heavy atom. The molecule has 6 heteroatoms. The largest absolute Gasteiger partial charge is 0.481 e. The van der Waals surface area contributed by atoms with E-state index in [9.17, 15) is 4.79 Å². The summed E-state index contributed by atoms with van der Waals surface area (Å²) in [7, 11) is 0. The summed E-state index contributed by atoms with van der Waals surface area (Å²) in [6, 6.07) is 8.04. The number of unbranched alkanes of at least 4 members (excludes halogenated alkanes) is 2. The van der Waals surface area contributed by atoms with Crippen LogP contribution in [0.15, 0.2) is 49.1 Å². The molecule has 2 unspecified atom stereocenters. The fourth-order valence-corrected chi connectivity index (χ4v) is 3.18. The molecule has 2 rings (SSSR count). The van der Waals surface area contributed by atoms with E-state index in [1.807, 2.05) is 24.3 Å². The van der Waals surface area contributed by atoms with E-state index >= 15 is 0 Å². The lowest BCUT2D eigenvalue weighted by atomic mass is 10.1. The van der Waals surface area contributed by atoms with Gasteiger partial charge in [-0.1, -0.05) is 51.6 Å². The highest BCUT2D eigenvalue weighted by Crippen LogP contribution is 2.41. The average Bonchev–Trinajstić information content (AvgIpc) is 2.62. The lowest BCUT2D eigenvalue weighted by molar-refractivity contribution is -0.137. The number of halogens is 2. The van der Waals surface area contributed by atoms with Crippen LogP contribution in [0.4, 0.5) is 0 Å². The normalized spacial score (nSPS) is 12.6. The molecular weight excluding hydrogens is 436 g/mol. The van der Waals surface area contributed by atoms with Gasteiger partial charge in [-0.15, -0.1) is 0 Å². The number of rotatable bonds is 7. The van der Waals surface area contributed by atoms with Gasteiger partial charge < -0.3 is 5.11 Å². The summed E-state index contributed by atoms with van der Waals surface area (Å²) in [6.45, 7) is 2.06. The van der Waals surface area contributed by atoms with Gasteiger partial charge in [0.25, 0.3) is 0 Å². The molecule has 0 aliphatic carbocycles. The lowest BCUT2D eigenvalue weighted by Crippen LogP contribution is -1.99. The Balaban J connectivity index is 0.000000307. The topological polar surface area (TPSA) is 63.1 Å². The molecule has 24 heavy (non-hydrogen) atoms. The number of pyridine rings is 2. The van der Waals surface area contributed by atoms with Crippen molar-refractivity contribution in [2.24, 2.45) is 0 Å². The zero-order valence-electron chi connectivity index (χ0n) is 13.6. The number of hydrogen-bond donors (Lipinski definition) is 1. The molecule has 2 heterocycles. The van der Waals surface area contributed by atoms with Crippen LogP contribution in [0.5, 0.6) is 0 Å². The van der Waals surface area contributed by atoms with Crippen LogP contribution in [0.3, 0.4) is 0 Å². The van der Waals surface area contributed by atoms with Crippen LogP contribution >= 0.6 is 31.9 Å². The molecule has 0 aromatic carbocycles. The Labute approximate surface area is 160 Å². The van der Waals surface area contributed by atoms with E-state index in [4.69, 9.17) is 5.11 Å². The molecule has 0 aliphatic rings. The molecule has 0 radical (unpaired) electrons. The summed E-state index contributed by atoms with van der Waals surface area (Å²) >= 11 is 7.39. The standard InChI is InChI=1S/C12H10Br2N2.C6H12O2/c13-11(9-1-5-15-6-2-9)12(14)10-3-7-16-8-4-10;1-2-3-4-5-6(7)8/h1-8,11-12H;2-5H2,1H3,(H,7,8). The van der Waals surface area contributed by atoms with Crippen molar-refractivity contribution in [3.8, 4) is 0 Å². The molecule has 0 saturated carbocycles. The maximum absolute atomic E-state index is 9.87. The van der Waals surface area contributed by atoms with Gasteiger partial charge in [0.05, 0.1) is 9.65 Å². The highest BCUT2D eigenvalue weighted by atomic mass is 79.9. The fourth-order valence-electron chi connectivity index (χ4n) is 1.96.